The Bertz CT molecular complexity index is 268. The van der Waals surface area contributed by atoms with Gasteiger partial charge in [-0.1, -0.05) is 26.7 Å². The topological polar surface area (TPSA) is 29.9 Å². The average molecular weight is 209 g/mol. The van der Waals surface area contributed by atoms with Gasteiger partial charge >= 0.3 is 0 Å². The quantitative estimate of drug-likeness (QED) is 0.748. The van der Waals surface area contributed by atoms with Gasteiger partial charge in [-0.05, 0) is 19.9 Å². The molecule has 1 aromatic rings. The molecule has 1 rings (SSSR count). The molecule has 1 heterocycles. The van der Waals surface area contributed by atoms with Crippen LogP contribution in [0.2, 0.25) is 0 Å². The molecule has 1 N–H and O–H groups in total. The van der Waals surface area contributed by atoms with Gasteiger partial charge in [0.25, 0.3) is 0 Å². The fourth-order valence-corrected chi connectivity index (χ4v) is 1.88. The number of nitrogens with one attached hydrogen (secondary N) is 1. The third-order valence-corrected chi connectivity index (χ3v) is 2.70. The fourth-order valence-electron chi connectivity index (χ4n) is 1.88. The van der Waals surface area contributed by atoms with Gasteiger partial charge in [0, 0.05) is 18.9 Å². The van der Waals surface area contributed by atoms with E-state index >= 15 is 0 Å². The van der Waals surface area contributed by atoms with Crippen molar-refractivity contribution in [1.29, 1.82) is 0 Å². The molecule has 86 valence electrons. The minimum atomic E-state index is 0.421. The summed E-state index contributed by atoms with van der Waals surface area (Å²) in [4.78, 5) is 4.46. The number of hydrogen-bond acceptors (Lipinski definition) is 2. The Kier molecular flexibility index (Phi) is 5.40. The van der Waals surface area contributed by atoms with Crippen molar-refractivity contribution < 1.29 is 0 Å². The number of nitrogens with zero attached hydrogens (tertiary/aromatic N) is 2. The summed E-state index contributed by atoms with van der Waals surface area (Å²) in [5, 5.41) is 3.51. The Morgan fingerprint density at radius 3 is 2.80 bits per heavy atom. The molecule has 0 radical (unpaired) electrons. The number of rotatable bonds is 7. The molecule has 0 bridgehead atoms. The van der Waals surface area contributed by atoms with Crippen LogP contribution in [0, 0.1) is 0 Å². The molecule has 0 fully saturated rings. The monoisotopic (exact) mass is 209 g/mol. The molecule has 0 aromatic carbocycles. The van der Waals surface area contributed by atoms with Gasteiger partial charge in [-0.2, -0.15) is 0 Å². The Labute approximate surface area is 92.9 Å². The molecule has 15 heavy (non-hydrogen) atoms. The van der Waals surface area contributed by atoms with Gasteiger partial charge in [0.2, 0.25) is 0 Å². The van der Waals surface area contributed by atoms with E-state index < -0.39 is 0 Å². The molecule has 0 saturated heterocycles. The predicted octanol–water partition coefficient (Wildman–Crippen LogP) is 2.74. The van der Waals surface area contributed by atoms with Gasteiger partial charge in [0.15, 0.2) is 0 Å². The predicted molar refractivity (Wildman–Crippen MR) is 63.8 cm³/mol. The van der Waals surface area contributed by atoms with E-state index in [1.54, 1.807) is 0 Å². The fraction of sp³-hybridized carbons (Fsp3) is 0.750. The molecule has 1 atom stereocenters. The molecule has 0 aliphatic rings. The second kappa shape index (κ2) is 6.62. The third kappa shape index (κ3) is 3.34. The van der Waals surface area contributed by atoms with E-state index in [9.17, 15) is 0 Å². The highest BCUT2D eigenvalue weighted by molar-refractivity contribution is 4.99. The maximum absolute atomic E-state index is 4.46. The van der Waals surface area contributed by atoms with Crippen LogP contribution in [0.4, 0.5) is 0 Å². The smallest absolute Gasteiger partial charge is 0.125 e. The highest BCUT2D eigenvalue weighted by Crippen LogP contribution is 2.17. The number of aromatic nitrogens is 2. The average Bonchev–Trinajstić information content (AvgIpc) is 2.72. The summed E-state index contributed by atoms with van der Waals surface area (Å²) in [5.74, 6) is 1.19. The first-order valence-corrected chi connectivity index (χ1v) is 6.07. The van der Waals surface area contributed by atoms with Crippen molar-refractivity contribution in [2.24, 2.45) is 0 Å². The lowest BCUT2D eigenvalue weighted by Crippen LogP contribution is -2.24. The second-order valence-corrected chi connectivity index (χ2v) is 3.82. The summed E-state index contributed by atoms with van der Waals surface area (Å²) in [6.07, 6.45) is 7.64. The molecule has 0 aliphatic heterocycles. The number of imidazole rings is 1. The van der Waals surface area contributed by atoms with Crippen LogP contribution in [0.5, 0.6) is 0 Å². The van der Waals surface area contributed by atoms with E-state index in [0.717, 1.165) is 13.1 Å². The van der Waals surface area contributed by atoms with Crippen LogP contribution in [0.1, 0.15) is 51.9 Å². The Morgan fingerprint density at radius 2 is 2.20 bits per heavy atom. The number of hydrogen-bond donors (Lipinski definition) is 1. The van der Waals surface area contributed by atoms with E-state index in [2.05, 4.69) is 41.8 Å². The lowest BCUT2D eigenvalue weighted by molar-refractivity contribution is 0.454. The Morgan fingerprint density at radius 1 is 1.40 bits per heavy atom. The van der Waals surface area contributed by atoms with E-state index in [4.69, 9.17) is 0 Å². The number of aryl methyl sites for hydroxylation is 1. The van der Waals surface area contributed by atoms with Gasteiger partial charge in [0.1, 0.15) is 5.82 Å². The molecule has 0 spiro atoms. The molecule has 3 nitrogen and oxygen atoms in total. The molecular weight excluding hydrogens is 186 g/mol. The van der Waals surface area contributed by atoms with E-state index in [1.165, 1.54) is 25.1 Å². The first-order chi connectivity index (χ1) is 7.33. The van der Waals surface area contributed by atoms with Crippen LogP contribution >= 0.6 is 0 Å². The van der Waals surface area contributed by atoms with Gasteiger partial charge in [-0.3, -0.25) is 0 Å². The zero-order chi connectivity index (χ0) is 11.1. The lowest BCUT2D eigenvalue weighted by atomic mass is 10.1. The summed E-state index contributed by atoms with van der Waals surface area (Å²) in [6, 6.07) is 0.421. The van der Waals surface area contributed by atoms with E-state index in [1.807, 2.05) is 6.20 Å². The zero-order valence-corrected chi connectivity index (χ0v) is 10.2. The first kappa shape index (κ1) is 12.2. The normalized spacial score (nSPS) is 13.0. The van der Waals surface area contributed by atoms with Crippen LogP contribution in [0.3, 0.4) is 0 Å². The Balaban J connectivity index is 2.69. The van der Waals surface area contributed by atoms with Crippen molar-refractivity contribution in [3.8, 4) is 0 Å². The summed E-state index contributed by atoms with van der Waals surface area (Å²) in [6.45, 7) is 8.55. The van der Waals surface area contributed by atoms with E-state index in [0.29, 0.717) is 6.04 Å². The standard InChI is InChI=1S/C12H23N3/c1-4-7-8-11(13-5-2)12-14-9-10-15(12)6-3/h9-11,13H,4-8H2,1-3H3. The lowest BCUT2D eigenvalue weighted by Gasteiger charge is -2.18. The van der Waals surface area contributed by atoms with Crippen LogP contribution < -0.4 is 5.32 Å². The molecule has 0 amide bonds. The molecule has 3 heteroatoms. The van der Waals surface area contributed by atoms with Crippen LogP contribution in [-0.4, -0.2) is 16.1 Å². The largest absolute Gasteiger partial charge is 0.334 e. The maximum atomic E-state index is 4.46. The van der Waals surface area contributed by atoms with Crippen molar-refractivity contribution in [3.05, 3.63) is 18.2 Å². The van der Waals surface area contributed by atoms with Crippen LogP contribution in [0.25, 0.3) is 0 Å². The second-order valence-electron chi connectivity index (χ2n) is 3.82. The van der Waals surface area contributed by atoms with Crippen molar-refractivity contribution in [3.63, 3.8) is 0 Å². The zero-order valence-electron chi connectivity index (χ0n) is 10.2. The van der Waals surface area contributed by atoms with Crippen molar-refractivity contribution in [1.82, 2.24) is 14.9 Å². The SMILES string of the molecule is CCCCC(NCC)c1nccn1CC. The summed E-state index contributed by atoms with van der Waals surface area (Å²) >= 11 is 0. The number of unbranched alkanes of at least 4 members (excludes halogenated alkanes) is 1. The first-order valence-electron chi connectivity index (χ1n) is 6.07. The molecule has 0 aliphatic carbocycles. The van der Waals surface area contributed by atoms with Crippen molar-refractivity contribution in [2.45, 2.75) is 52.6 Å². The molecule has 0 saturated carbocycles. The maximum Gasteiger partial charge on any atom is 0.125 e. The van der Waals surface area contributed by atoms with Gasteiger partial charge < -0.3 is 9.88 Å². The molecule has 1 aromatic heterocycles. The highest BCUT2D eigenvalue weighted by Gasteiger charge is 2.14. The summed E-state index contributed by atoms with van der Waals surface area (Å²) in [5.41, 5.74) is 0. The van der Waals surface area contributed by atoms with Crippen LogP contribution in [0.15, 0.2) is 12.4 Å². The third-order valence-electron chi connectivity index (χ3n) is 2.70. The highest BCUT2D eigenvalue weighted by atomic mass is 15.1. The minimum absolute atomic E-state index is 0.421. The van der Waals surface area contributed by atoms with Gasteiger partial charge in [-0.25, -0.2) is 4.98 Å². The summed E-state index contributed by atoms with van der Waals surface area (Å²) < 4.78 is 2.23. The minimum Gasteiger partial charge on any atom is -0.334 e. The van der Waals surface area contributed by atoms with Gasteiger partial charge in [-0.15, -0.1) is 0 Å². The Hall–Kier alpha value is -0.830. The van der Waals surface area contributed by atoms with E-state index in [-0.39, 0.29) is 0 Å². The van der Waals surface area contributed by atoms with Crippen molar-refractivity contribution >= 4 is 0 Å². The van der Waals surface area contributed by atoms with Gasteiger partial charge in [0.05, 0.1) is 6.04 Å². The summed E-state index contributed by atoms with van der Waals surface area (Å²) in [7, 11) is 0. The molecular formula is C12H23N3. The van der Waals surface area contributed by atoms with Crippen LogP contribution in [-0.2, 0) is 6.54 Å². The van der Waals surface area contributed by atoms with Crippen molar-refractivity contribution in [2.75, 3.05) is 6.54 Å². The molecule has 1 unspecified atom stereocenters.